The molecule has 2 amide bonds. The van der Waals surface area contributed by atoms with Gasteiger partial charge >= 0.3 is 0 Å². The van der Waals surface area contributed by atoms with Crippen molar-refractivity contribution in [3.63, 3.8) is 0 Å². The summed E-state index contributed by atoms with van der Waals surface area (Å²) in [4.78, 5) is 26.8. The van der Waals surface area contributed by atoms with Crippen LogP contribution < -0.4 is 5.32 Å². The van der Waals surface area contributed by atoms with E-state index in [0.717, 1.165) is 13.0 Å². The number of amides is 2. The summed E-state index contributed by atoms with van der Waals surface area (Å²) >= 11 is 0. The van der Waals surface area contributed by atoms with E-state index in [1.807, 2.05) is 21.0 Å². The van der Waals surface area contributed by atoms with Crippen molar-refractivity contribution in [1.82, 2.24) is 15.1 Å². The third kappa shape index (κ3) is 3.81. The SMILES string of the molecule is CC(CCN(C)C)N1CCC(=O)NCC1=O. The minimum atomic E-state index is -0.0318. The maximum atomic E-state index is 11.7. The predicted octanol–water partition coefficient (Wildman–Crippen LogP) is -0.325. The van der Waals surface area contributed by atoms with Gasteiger partial charge < -0.3 is 15.1 Å². The quantitative estimate of drug-likeness (QED) is 0.716. The first-order valence-electron chi connectivity index (χ1n) is 5.71. The lowest BCUT2D eigenvalue weighted by atomic mass is 10.2. The Balaban J connectivity index is 2.49. The normalized spacial score (nSPS) is 19.6. The van der Waals surface area contributed by atoms with Crippen LogP contribution in [0.1, 0.15) is 19.8 Å². The van der Waals surface area contributed by atoms with Gasteiger partial charge in [0.1, 0.15) is 0 Å². The molecule has 0 saturated carbocycles. The Kier molecular flexibility index (Phi) is 4.73. The lowest BCUT2D eigenvalue weighted by Crippen LogP contribution is -2.42. The van der Waals surface area contributed by atoms with Gasteiger partial charge in [0.2, 0.25) is 11.8 Å². The van der Waals surface area contributed by atoms with Gasteiger partial charge in [0.05, 0.1) is 6.54 Å². The molecular weight excluding hydrogens is 206 g/mol. The topological polar surface area (TPSA) is 52.6 Å². The third-order valence-corrected chi connectivity index (χ3v) is 2.86. The van der Waals surface area contributed by atoms with Crippen LogP contribution in [0.3, 0.4) is 0 Å². The molecule has 1 unspecified atom stereocenters. The standard InChI is InChI=1S/C11H21N3O2/c1-9(4-6-13(2)3)14-7-5-10(15)12-8-11(14)16/h9H,4-8H2,1-3H3,(H,12,15). The van der Waals surface area contributed by atoms with E-state index in [2.05, 4.69) is 10.2 Å². The fourth-order valence-corrected chi connectivity index (χ4v) is 1.78. The monoisotopic (exact) mass is 227 g/mol. The maximum Gasteiger partial charge on any atom is 0.242 e. The first-order valence-corrected chi connectivity index (χ1v) is 5.71. The molecule has 92 valence electrons. The third-order valence-electron chi connectivity index (χ3n) is 2.86. The van der Waals surface area contributed by atoms with E-state index in [1.54, 1.807) is 4.90 Å². The van der Waals surface area contributed by atoms with Gasteiger partial charge in [-0.25, -0.2) is 0 Å². The highest BCUT2D eigenvalue weighted by atomic mass is 16.2. The van der Waals surface area contributed by atoms with Crippen LogP contribution in [0, 0.1) is 0 Å². The molecule has 1 N–H and O–H groups in total. The Labute approximate surface area is 96.8 Å². The first kappa shape index (κ1) is 13.0. The molecule has 1 heterocycles. The minimum Gasteiger partial charge on any atom is -0.347 e. The molecule has 1 saturated heterocycles. The Bertz CT molecular complexity index is 266. The molecule has 1 rings (SSSR count). The number of nitrogens with zero attached hydrogens (tertiary/aromatic N) is 2. The Hall–Kier alpha value is -1.10. The van der Waals surface area contributed by atoms with Crippen LogP contribution in [-0.4, -0.2) is 61.4 Å². The summed E-state index contributed by atoms with van der Waals surface area (Å²) < 4.78 is 0. The fraction of sp³-hybridized carbons (Fsp3) is 0.818. The largest absolute Gasteiger partial charge is 0.347 e. The number of carbonyl (C=O) groups excluding carboxylic acids is 2. The Morgan fingerprint density at radius 3 is 2.75 bits per heavy atom. The first-order chi connectivity index (χ1) is 7.50. The second kappa shape index (κ2) is 5.84. The molecule has 0 aliphatic carbocycles. The maximum absolute atomic E-state index is 11.7. The van der Waals surface area contributed by atoms with E-state index < -0.39 is 0 Å². The molecule has 0 aromatic rings. The van der Waals surface area contributed by atoms with Gasteiger partial charge in [-0.05, 0) is 34.0 Å². The number of nitrogens with one attached hydrogen (secondary N) is 1. The summed E-state index contributed by atoms with van der Waals surface area (Å²) in [6.07, 6.45) is 1.35. The van der Waals surface area contributed by atoms with Crippen LogP contribution in [0.15, 0.2) is 0 Å². The highest BCUT2D eigenvalue weighted by molar-refractivity contribution is 5.87. The molecule has 1 aliphatic rings. The number of carbonyl (C=O) groups is 2. The zero-order valence-electron chi connectivity index (χ0n) is 10.3. The zero-order chi connectivity index (χ0) is 12.1. The molecule has 1 aliphatic heterocycles. The van der Waals surface area contributed by atoms with E-state index in [-0.39, 0.29) is 24.4 Å². The van der Waals surface area contributed by atoms with Crippen LogP contribution in [0.25, 0.3) is 0 Å². The molecule has 0 aromatic carbocycles. The second-order valence-electron chi connectivity index (χ2n) is 4.55. The van der Waals surface area contributed by atoms with Crippen molar-refractivity contribution in [2.45, 2.75) is 25.8 Å². The zero-order valence-corrected chi connectivity index (χ0v) is 10.3. The highest BCUT2D eigenvalue weighted by Crippen LogP contribution is 2.08. The van der Waals surface area contributed by atoms with Crippen molar-refractivity contribution in [2.24, 2.45) is 0 Å². The second-order valence-corrected chi connectivity index (χ2v) is 4.55. The summed E-state index contributed by atoms with van der Waals surface area (Å²) in [5.41, 5.74) is 0. The highest BCUT2D eigenvalue weighted by Gasteiger charge is 2.23. The minimum absolute atomic E-state index is 0.0251. The van der Waals surface area contributed by atoms with Crippen LogP contribution in [-0.2, 0) is 9.59 Å². The van der Waals surface area contributed by atoms with Crippen LogP contribution in [0.2, 0.25) is 0 Å². The summed E-state index contributed by atoms with van der Waals surface area (Å²) in [6.45, 7) is 3.67. The summed E-state index contributed by atoms with van der Waals surface area (Å²) in [7, 11) is 4.03. The number of hydrogen-bond donors (Lipinski definition) is 1. The fourth-order valence-electron chi connectivity index (χ4n) is 1.78. The molecule has 0 radical (unpaired) electrons. The lowest BCUT2D eigenvalue weighted by molar-refractivity contribution is -0.132. The molecule has 16 heavy (non-hydrogen) atoms. The van der Waals surface area contributed by atoms with Gasteiger partial charge in [0.25, 0.3) is 0 Å². The Morgan fingerprint density at radius 2 is 2.12 bits per heavy atom. The average molecular weight is 227 g/mol. The molecule has 5 heteroatoms. The number of rotatable bonds is 4. The van der Waals surface area contributed by atoms with E-state index in [4.69, 9.17) is 0 Å². The Morgan fingerprint density at radius 1 is 1.44 bits per heavy atom. The van der Waals surface area contributed by atoms with Crippen molar-refractivity contribution < 1.29 is 9.59 Å². The predicted molar refractivity (Wildman–Crippen MR) is 62.0 cm³/mol. The van der Waals surface area contributed by atoms with Gasteiger partial charge in [-0.1, -0.05) is 0 Å². The molecule has 1 fully saturated rings. The van der Waals surface area contributed by atoms with Crippen molar-refractivity contribution >= 4 is 11.8 Å². The molecule has 5 nitrogen and oxygen atoms in total. The summed E-state index contributed by atoms with van der Waals surface area (Å²) in [5, 5.41) is 2.60. The molecule has 0 aromatic heterocycles. The smallest absolute Gasteiger partial charge is 0.242 e. The van der Waals surface area contributed by atoms with Crippen molar-refractivity contribution in [3.8, 4) is 0 Å². The van der Waals surface area contributed by atoms with Crippen LogP contribution in [0.4, 0.5) is 0 Å². The molecule has 1 atom stereocenters. The van der Waals surface area contributed by atoms with Crippen LogP contribution in [0.5, 0.6) is 0 Å². The van der Waals surface area contributed by atoms with Gasteiger partial charge in [0, 0.05) is 19.0 Å². The van der Waals surface area contributed by atoms with Gasteiger partial charge in [-0.3, -0.25) is 9.59 Å². The van der Waals surface area contributed by atoms with Crippen molar-refractivity contribution in [2.75, 3.05) is 33.7 Å². The lowest BCUT2D eigenvalue weighted by Gasteiger charge is -2.28. The molecular formula is C11H21N3O2. The average Bonchev–Trinajstić information content (AvgIpc) is 2.38. The summed E-state index contributed by atoms with van der Waals surface area (Å²) in [6, 6.07) is 0.197. The van der Waals surface area contributed by atoms with E-state index in [0.29, 0.717) is 13.0 Å². The molecule has 0 spiro atoms. The van der Waals surface area contributed by atoms with E-state index >= 15 is 0 Å². The van der Waals surface area contributed by atoms with Crippen molar-refractivity contribution in [1.29, 1.82) is 0 Å². The van der Waals surface area contributed by atoms with E-state index in [9.17, 15) is 9.59 Å². The van der Waals surface area contributed by atoms with Gasteiger partial charge in [-0.2, -0.15) is 0 Å². The van der Waals surface area contributed by atoms with Gasteiger partial charge in [-0.15, -0.1) is 0 Å². The summed E-state index contributed by atoms with van der Waals surface area (Å²) in [5.74, 6) is -0.00670. The van der Waals surface area contributed by atoms with Crippen molar-refractivity contribution in [3.05, 3.63) is 0 Å². The number of hydrogen-bond acceptors (Lipinski definition) is 3. The van der Waals surface area contributed by atoms with E-state index in [1.165, 1.54) is 0 Å². The van der Waals surface area contributed by atoms with Gasteiger partial charge in [0.15, 0.2) is 0 Å². The molecule has 0 bridgehead atoms. The van der Waals surface area contributed by atoms with Crippen LogP contribution >= 0.6 is 0 Å².